The molecule has 0 saturated carbocycles. The van der Waals surface area contributed by atoms with Gasteiger partial charge >= 0.3 is 0 Å². The van der Waals surface area contributed by atoms with Crippen molar-refractivity contribution in [1.82, 2.24) is 14.9 Å². The fourth-order valence-electron chi connectivity index (χ4n) is 3.12. The molecular weight excluding hydrogens is 355 g/mol. The lowest BCUT2D eigenvalue weighted by Crippen LogP contribution is -2.44. The molecule has 3 aromatic rings. The zero-order valence-electron chi connectivity index (χ0n) is 15.8. The van der Waals surface area contributed by atoms with E-state index in [1.807, 2.05) is 12.1 Å². The van der Waals surface area contributed by atoms with E-state index >= 15 is 0 Å². The second kappa shape index (κ2) is 8.22. The number of rotatable bonds is 5. The summed E-state index contributed by atoms with van der Waals surface area (Å²) in [5, 5.41) is 6.37. The molecule has 1 aliphatic rings. The maximum absolute atomic E-state index is 13.0. The molecule has 0 spiro atoms. The van der Waals surface area contributed by atoms with E-state index < -0.39 is 0 Å². The van der Waals surface area contributed by atoms with Gasteiger partial charge in [-0.15, -0.1) is 0 Å². The Morgan fingerprint density at radius 1 is 0.821 bits per heavy atom. The minimum absolute atomic E-state index is 0.268. The molecule has 0 unspecified atom stereocenters. The molecule has 144 valence electrons. The minimum atomic E-state index is -0.268. The van der Waals surface area contributed by atoms with Crippen molar-refractivity contribution in [3.8, 4) is 0 Å². The van der Waals surface area contributed by atoms with Crippen LogP contribution >= 0.6 is 0 Å². The average molecular weight is 378 g/mol. The molecule has 28 heavy (non-hydrogen) atoms. The number of hydrogen-bond acceptors (Lipinski definition) is 6. The highest BCUT2D eigenvalue weighted by atomic mass is 19.1. The number of hydrogen-bond donors (Lipinski definition) is 2. The molecule has 1 aromatic heterocycles. The number of piperazine rings is 1. The third-order valence-electron chi connectivity index (χ3n) is 4.76. The largest absolute Gasteiger partial charge is 0.369 e. The van der Waals surface area contributed by atoms with Gasteiger partial charge in [-0.25, -0.2) is 9.37 Å². The third-order valence-corrected chi connectivity index (χ3v) is 4.76. The molecule has 0 bridgehead atoms. The van der Waals surface area contributed by atoms with Gasteiger partial charge in [0.15, 0.2) is 0 Å². The van der Waals surface area contributed by atoms with E-state index in [4.69, 9.17) is 0 Å². The Morgan fingerprint density at radius 2 is 1.46 bits per heavy atom. The molecule has 4 rings (SSSR count). The zero-order valence-corrected chi connectivity index (χ0v) is 15.8. The van der Waals surface area contributed by atoms with Crippen LogP contribution in [0, 0.1) is 5.82 Å². The molecule has 2 N–H and O–H groups in total. The molecule has 0 amide bonds. The van der Waals surface area contributed by atoms with Gasteiger partial charge in [0, 0.05) is 49.4 Å². The fourth-order valence-corrected chi connectivity index (χ4v) is 3.12. The van der Waals surface area contributed by atoms with Crippen molar-refractivity contribution < 1.29 is 4.39 Å². The van der Waals surface area contributed by atoms with Gasteiger partial charge in [0.1, 0.15) is 11.6 Å². The maximum atomic E-state index is 13.0. The monoisotopic (exact) mass is 378 g/mol. The molecule has 7 heteroatoms. The van der Waals surface area contributed by atoms with Gasteiger partial charge in [0.25, 0.3) is 0 Å². The summed E-state index contributed by atoms with van der Waals surface area (Å²) in [7, 11) is 2.16. The van der Waals surface area contributed by atoms with Crippen molar-refractivity contribution in [3.63, 3.8) is 0 Å². The fraction of sp³-hybridized carbons (Fsp3) is 0.238. The zero-order chi connectivity index (χ0) is 19.3. The maximum Gasteiger partial charge on any atom is 0.229 e. The molecule has 1 saturated heterocycles. The third kappa shape index (κ3) is 4.55. The van der Waals surface area contributed by atoms with Crippen molar-refractivity contribution in [2.75, 3.05) is 48.8 Å². The quantitative estimate of drug-likeness (QED) is 0.703. The summed E-state index contributed by atoms with van der Waals surface area (Å²) in [6, 6.07) is 16.2. The topological polar surface area (TPSA) is 56.3 Å². The summed E-state index contributed by atoms with van der Waals surface area (Å²) >= 11 is 0. The molecule has 0 aliphatic carbocycles. The number of benzene rings is 2. The van der Waals surface area contributed by atoms with E-state index in [-0.39, 0.29) is 5.82 Å². The molecule has 0 atom stereocenters. The van der Waals surface area contributed by atoms with Crippen LogP contribution in [0.15, 0.2) is 60.8 Å². The molecule has 2 aromatic carbocycles. The minimum Gasteiger partial charge on any atom is -0.369 e. The number of anilines is 5. The first kappa shape index (κ1) is 18.2. The first-order valence-corrected chi connectivity index (χ1v) is 9.32. The molecular formula is C21H23FN6. The Kier molecular flexibility index (Phi) is 5.34. The van der Waals surface area contributed by atoms with E-state index in [9.17, 15) is 4.39 Å². The summed E-state index contributed by atoms with van der Waals surface area (Å²) in [5.41, 5.74) is 2.92. The van der Waals surface area contributed by atoms with Crippen LogP contribution in [0.25, 0.3) is 0 Å². The summed E-state index contributed by atoms with van der Waals surface area (Å²) in [6.45, 7) is 4.26. The number of likely N-dealkylation sites (N-methyl/N-ethyl adjacent to an activating group) is 1. The van der Waals surface area contributed by atoms with Crippen molar-refractivity contribution in [1.29, 1.82) is 0 Å². The Balaban J connectivity index is 1.40. The van der Waals surface area contributed by atoms with Gasteiger partial charge in [0.2, 0.25) is 5.95 Å². The molecule has 1 aliphatic heterocycles. The van der Waals surface area contributed by atoms with Crippen LogP contribution in [-0.4, -0.2) is 48.1 Å². The van der Waals surface area contributed by atoms with Crippen LogP contribution in [0.3, 0.4) is 0 Å². The molecule has 0 radical (unpaired) electrons. The normalized spacial score (nSPS) is 14.7. The van der Waals surface area contributed by atoms with E-state index in [0.717, 1.165) is 37.6 Å². The van der Waals surface area contributed by atoms with Gasteiger partial charge in [-0.05, 0) is 61.6 Å². The number of nitrogens with zero attached hydrogens (tertiary/aromatic N) is 4. The number of halogens is 1. The number of nitrogens with one attached hydrogen (secondary N) is 2. The van der Waals surface area contributed by atoms with Crippen LogP contribution in [0.4, 0.5) is 33.2 Å². The Morgan fingerprint density at radius 3 is 2.18 bits per heavy atom. The molecule has 1 fully saturated rings. The van der Waals surface area contributed by atoms with Crippen molar-refractivity contribution in [2.45, 2.75) is 0 Å². The predicted octanol–water partition coefficient (Wildman–Crippen LogP) is 3.85. The van der Waals surface area contributed by atoms with Crippen LogP contribution in [-0.2, 0) is 0 Å². The lowest BCUT2D eigenvalue weighted by Gasteiger charge is -2.34. The summed E-state index contributed by atoms with van der Waals surface area (Å²) in [4.78, 5) is 13.5. The van der Waals surface area contributed by atoms with Gasteiger partial charge in [-0.1, -0.05) is 0 Å². The summed E-state index contributed by atoms with van der Waals surface area (Å²) < 4.78 is 13.0. The first-order chi connectivity index (χ1) is 13.7. The number of aromatic nitrogens is 2. The van der Waals surface area contributed by atoms with Gasteiger partial charge < -0.3 is 20.4 Å². The van der Waals surface area contributed by atoms with E-state index in [1.165, 1.54) is 17.8 Å². The second-order valence-corrected chi connectivity index (χ2v) is 6.86. The van der Waals surface area contributed by atoms with E-state index in [1.54, 1.807) is 24.4 Å². The van der Waals surface area contributed by atoms with Crippen molar-refractivity contribution in [2.24, 2.45) is 0 Å². The average Bonchev–Trinajstić information content (AvgIpc) is 2.71. The lowest BCUT2D eigenvalue weighted by atomic mass is 10.2. The predicted molar refractivity (Wildman–Crippen MR) is 111 cm³/mol. The van der Waals surface area contributed by atoms with Gasteiger partial charge in [-0.3, -0.25) is 0 Å². The van der Waals surface area contributed by atoms with E-state index in [2.05, 4.69) is 49.6 Å². The Hall–Kier alpha value is -3.19. The van der Waals surface area contributed by atoms with Crippen LogP contribution in [0.5, 0.6) is 0 Å². The highest BCUT2D eigenvalue weighted by molar-refractivity contribution is 5.61. The Bertz CT molecular complexity index is 905. The molecule has 2 heterocycles. The summed E-state index contributed by atoms with van der Waals surface area (Å²) in [6.07, 6.45) is 1.68. The van der Waals surface area contributed by atoms with Crippen LogP contribution in [0.2, 0.25) is 0 Å². The van der Waals surface area contributed by atoms with E-state index in [0.29, 0.717) is 11.8 Å². The molecule has 6 nitrogen and oxygen atoms in total. The SMILES string of the molecule is CN1CCN(c2ccc(Nc3nccc(Nc4ccc(F)cc4)n3)cc2)CC1. The second-order valence-electron chi connectivity index (χ2n) is 6.86. The van der Waals surface area contributed by atoms with Gasteiger partial charge in [-0.2, -0.15) is 4.98 Å². The van der Waals surface area contributed by atoms with Crippen molar-refractivity contribution in [3.05, 3.63) is 66.6 Å². The Labute approximate surface area is 164 Å². The highest BCUT2D eigenvalue weighted by Gasteiger charge is 2.14. The van der Waals surface area contributed by atoms with Crippen molar-refractivity contribution >= 4 is 28.8 Å². The van der Waals surface area contributed by atoms with Gasteiger partial charge in [0.05, 0.1) is 0 Å². The standard InChI is InChI=1S/C21H23FN6/c1-27-12-14-28(15-13-27)19-8-6-18(7-9-19)25-21-23-11-10-20(26-21)24-17-4-2-16(22)3-5-17/h2-11H,12-15H2,1H3,(H2,23,24,25,26). The van der Waals surface area contributed by atoms with Crippen LogP contribution < -0.4 is 15.5 Å². The van der Waals surface area contributed by atoms with Crippen LogP contribution in [0.1, 0.15) is 0 Å². The lowest BCUT2D eigenvalue weighted by molar-refractivity contribution is 0.313. The highest BCUT2D eigenvalue weighted by Crippen LogP contribution is 2.22. The smallest absolute Gasteiger partial charge is 0.229 e. The summed E-state index contributed by atoms with van der Waals surface area (Å²) in [5.74, 6) is 0.869. The first-order valence-electron chi connectivity index (χ1n) is 9.32.